The van der Waals surface area contributed by atoms with E-state index >= 15 is 0 Å². The van der Waals surface area contributed by atoms with Crippen molar-refractivity contribution in [2.24, 2.45) is 5.10 Å². The second-order valence-electron chi connectivity index (χ2n) is 8.47. The van der Waals surface area contributed by atoms with Crippen LogP contribution in [0.2, 0.25) is 5.02 Å². The molecule has 0 aliphatic heterocycles. The quantitative estimate of drug-likeness (QED) is 0.114. The van der Waals surface area contributed by atoms with Gasteiger partial charge >= 0.3 is 5.69 Å². The second-order valence-corrected chi connectivity index (χ2v) is 9.82. The second kappa shape index (κ2) is 12.1. The number of aryl methyl sites for hydroxylation is 1. The molecule has 0 radical (unpaired) electrons. The van der Waals surface area contributed by atoms with Crippen LogP contribution in [0, 0.1) is 20.2 Å². The zero-order chi connectivity index (χ0) is 28.1. The van der Waals surface area contributed by atoms with Crippen molar-refractivity contribution in [3.8, 4) is 5.75 Å². The molecule has 0 amide bonds. The Morgan fingerprint density at radius 1 is 1.10 bits per heavy atom. The van der Waals surface area contributed by atoms with Gasteiger partial charge in [0, 0.05) is 39.7 Å². The van der Waals surface area contributed by atoms with Crippen LogP contribution < -0.4 is 10.3 Å². The molecular weight excluding hydrogens is 594 g/mol. The smallest absolute Gasteiger partial charge is 0.313 e. The summed E-state index contributed by atoms with van der Waals surface area (Å²) < 4.78 is 7.68. The number of nitrogens with zero attached hydrogens (tertiary/aromatic N) is 5. The van der Waals surface area contributed by atoms with Crippen molar-refractivity contribution in [1.29, 1.82) is 0 Å². The minimum Gasteiger partial charge on any atom is -0.481 e. The van der Waals surface area contributed by atoms with Gasteiger partial charge in [-0.15, -0.1) is 0 Å². The molecule has 0 saturated heterocycles. The Kier molecular flexibility index (Phi) is 8.67. The van der Waals surface area contributed by atoms with Gasteiger partial charge in [0.15, 0.2) is 0 Å². The molecule has 11 nitrogen and oxygen atoms in total. The molecule has 0 fully saturated rings. The van der Waals surface area contributed by atoms with Gasteiger partial charge in [-0.3, -0.25) is 25.0 Å². The first-order chi connectivity index (χ1) is 18.7. The van der Waals surface area contributed by atoms with E-state index in [9.17, 15) is 25.0 Å². The third kappa shape index (κ3) is 6.47. The summed E-state index contributed by atoms with van der Waals surface area (Å²) in [7, 11) is 0. The first-order valence-corrected chi connectivity index (χ1v) is 12.9. The van der Waals surface area contributed by atoms with E-state index in [-0.39, 0.29) is 28.6 Å². The van der Waals surface area contributed by atoms with Crippen molar-refractivity contribution in [2.75, 3.05) is 0 Å². The largest absolute Gasteiger partial charge is 0.481 e. The van der Waals surface area contributed by atoms with Crippen LogP contribution in [0.3, 0.4) is 0 Å². The molecule has 0 N–H and O–H groups in total. The lowest BCUT2D eigenvalue weighted by atomic mass is 10.1. The molecule has 200 valence electrons. The van der Waals surface area contributed by atoms with Gasteiger partial charge in [0.05, 0.1) is 27.0 Å². The summed E-state index contributed by atoms with van der Waals surface area (Å²) in [5.41, 5.74) is 0.364. The Labute approximate surface area is 235 Å². The molecular formula is C26H21BrClN5O6. The highest BCUT2D eigenvalue weighted by atomic mass is 79.9. The molecule has 39 heavy (non-hydrogen) atoms. The number of aromatic nitrogens is 2. The van der Waals surface area contributed by atoms with Gasteiger partial charge in [-0.05, 0) is 48.4 Å². The Morgan fingerprint density at radius 3 is 2.51 bits per heavy atom. The summed E-state index contributed by atoms with van der Waals surface area (Å²) >= 11 is 9.54. The monoisotopic (exact) mass is 613 g/mol. The van der Waals surface area contributed by atoms with Gasteiger partial charge in [-0.2, -0.15) is 9.78 Å². The maximum absolute atomic E-state index is 13.4. The van der Waals surface area contributed by atoms with Gasteiger partial charge in [-0.1, -0.05) is 40.9 Å². The lowest BCUT2D eigenvalue weighted by Crippen LogP contribution is -2.22. The van der Waals surface area contributed by atoms with Gasteiger partial charge in [-0.25, -0.2) is 4.98 Å². The number of hydrogen-bond acceptors (Lipinski definition) is 8. The number of nitro groups is 2. The summed E-state index contributed by atoms with van der Waals surface area (Å²) in [6.45, 7) is 1.90. The van der Waals surface area contributed by atoms with Crippen molar-refractivity contribution in [3.05, 3.63) is 112 Å². The molecule has 0 atom stereocenters. The minimum absolute atomic E-state index is 0.0740. The third-order valence-corrected chi connectivity index (χ3v) is 6.44. The van der Waals surface area contributed by atoms with Crippen LogP contribution in [0.5, 0.6) is 5.75 Å². The number of halogens is 2. The number of hydrogen-bond donors (Lipinski definition) is 0. The van der Waals surface area contributed by atoms with Crippen molar-refractivity contribution in [2.45, 2.75) is 32.8 Å². The minimum atomic E-state index is -0.637. The molecule has 0 spiro atoms. The van der Waals surface area contributed by atoms with E-state index in [1.165, 1.54) is 41.2 Å². The number of non-ortho nitro benzene ring substituents is 1. The highest BCUT2D eigenvalue weighted by Crippen LogP contribution is 2.34. The molecule has 0 saturated carbocycles. The zero-order valence-electron chi connectivity index (χ0n) is 20.5. The summed E-state index contributed by atoms with van der Waals surface area (Å²) in [4.78, 5) is 39.6. The van der Waals surface area contributed by atoms with Gasteiger partial charge in [0.25, 0.3) is 11.2 Å². The Balaban J connectivity index is 1.77. The van der Waals surface area contributed by atoms with Crippen LogP contribution in [0.1, 0.15) is 36.7 Å². The standard InChI is InChI=1S/C26H21BrClN5O6/c1-2-3-4-24-30-22-10-7-18(27)12-21(22)26(34)31(24)29-14-17-11-19(28)13-23(33(37)38)25(17)39-15-16-5-8-20(9-6-16)32(35)36/h5-14H,2-4,15H2,1H3. The molecule has 13 heteroatoms. The predicted molar refractivity (Wildman–Crippen MR) is 151 cm³/mol. The van der Waals surface area contributed by atoms with Crippen LogP contribution in [0.4, 0.5) is 11.4 Å². The van der Waals surface area contributed by atoms with E-state index in [0.29, 0.717) is 33.2 Å². The van der Waals surface area contributed by atoms with Crippen LogP contribution in [0.25, 0.3) is 10.9 Å². The Bertz CT molecular complexity index is 1660. The number of unbranched alkanes of at least 4 members (excludes halogenated alkanes) is 1. The van der Waals surface area contributed by atoms with Gasteiger partial charge in [0.2, 0.25) is 5.75 Å². The van der Waals surface area contributed by atoms with E-state index in [4.69, 9.17) is 16.3 Å². The fourth-order valence-electron chi connectivity index (χ4n) is 3.79. The number of rotatable bonds is 10. The molecule has 0 aliphatic carbocycles. The number of ether oxygens (including phenoxy) is 1. The van der Waals surface area contributed by atoms with Crippen molar-refractivity contribution in [3.63, 3.8) is 0 Å². The number of nitro benzene ring substituents is 2. The summed E-state index contributed by atoms with van der Waals surface area (Å²) in [6, 6.07) is 13.4. The van der Waals surface area contributed by atoms with Crippen LogP contribution in [-0.2, 0) is 13.0 Å². The molecule has 0 aliphatic rings. The van der Waals surface area contributed by atoms with Crippen molar-refractivity contribution < 1.29 is 14.6 Å². The van der Waals surface area contributed by atoms with Crippen LogP contribution in [0.15, 0.2) is 69.0 Å². The lowest BCUT2D eigenvalue weighted by Gasteiger charge is -2.12. The third-order valence-electron chi connectivity index (χ3n) is 5.73. The molecule has 1 heterocycles. The average molecular weight is 615 g/mol. The molecule has 3 aromatic carbocycles. The lowest BCUT2D eigenvalue weighted by molar-refractivity contribution is -0.386. The maximum atomic E-state index is 13.4. The van der Waals surface area contributed by atoms with Crippen LogP contribution in [-0.4, -0.2) is 25.7 Å². The topological polar surface area (TPSA) is 143 Å². The van der Waals surface area contributed by atoms with E-state index < -0.39 is 21.1 Å². The molecule has 0 unspecified atom stereocenters. The summed E-state index contributed by atoms with van der Waals surface area (Å²) in [5, 5.41) is 27.5. The normalized spacial score (nSPS) is 11.3. The summed E-state index contributed by atoms with van der Waals surface area (Å²) in [6.07, 6.45) is 3.41. The highest BCUT2D eigenvalue weighted by Gasteiger charge is 2.21. The van der Waals surface area contributed by atoms with E-state index in [2.05, 4.69) is 26.0 Å². The van der Waals surface area contributed by atoms with Gasteiger partial charge < -0.3 is 4.74 Å². The summed E-state index contributed by atoms with van der Waals surface area (Å²) in [5.74, 6) is 0.323. The fourth-order valence-corrected chi connectivity index (χ4v) is 4.37. The van der Waals surface area contributed by atoms with Gasteiger partial charge in [0.1, 0.15) is 12.4 Å². The Morgan fingerprint density at radius 2 is 1.85 bits per heavy atom. The fraction of sp³-hybridized carbons (Fsp3) is 0.192. The molecule has 0 bridgehead atoms. The Hall–Kier alpha value is -4.16. The SMILES string of the molecule is CCCCc1nc2ccc(Br)cc2c(=O)n1N=Cc1cc(Cl)cc([N+](=O)[O-])c1OCc1ccc([N+](=O)[O-])cc1. The predicted octanol–water partition coefficient (Wildman–Crippen LogP) is 6.43. The van der Waals surface area contributed by atoms with E-state index in [0.717, 1.165) is 18.9 Å². The van der Waals surface area contributed by atoms with Crippen LogP contribution >= 0.6 is 27.5 Å². The number of fused-ring (bicyclic) bond motifs is 1. The maximum Gasteiger partial charge on any atom is 0.313 e. The number of benzene rings is 3. The van der Waals surface area contributed by atoms with E-state index in [1.807, 2.05) is 6.92 Å². The van der Waals surface area contributed by atoms with E-state index in [1.54, 1.807) is 18.2 Å². The zero-order valence-corrected chi connectivity index (χ0v) is 22.9. The van der Waals surface area contributed by atoms with Crippen molar-refractivity contribution >= 4 is 56.0 Å². The average Bonchev–Trinajstić information content (AvgIpc) is 2.91. The highest BCUT2D eigenvalue weighted by molar-refractivity contribution is 9.10. The molecule has 4 aromatic rings. The molecule has 4 rings (SSSR count). The van der Waals surface area contributed by atoms with Crippen molar-refractivity contribution in [1.82, 2.24) is 9.66 Å². The first kappa shape index (κ1) is 27.9. The first-order valence-electron chi connectivity index (χ1n) is 11.8. The molecule has 1 aromatic heterocycles.